The summed E-state index contributed by atoms with van der Waals surface area (Å²) in [5.74, 6) is 0.801. The van der Waals surface area contributed by atoms with Crippen LogP contribution in [0.5, 0.6) is 0 Å². The normalized spacial score (nSPS) is 21.3. The van der Waals surface area contributed by atoms with Gasteiger partial charge >= 0.3 is 0 Å². The number of rotatable bonds is 6. The molecule has 2 N–H and O–H groups in total. The van der Waals surface area contributed by atoms with Gasteiger partial charge in [0.05, 0.1) is 18.8 Å². The zero-order valence-electron chi connectivity index (χ0n) is 19.0. The third-order valence-electron chi connectivity index (χ3n) is 6.13. The van der Waals surface area contributed by atoms with Gasteiger partial charge in [-0.05, 0) is 24.6 Å². The second-order valence-corrected chi connectivity index (χ2v) is 8.44. The van der Waals surface area contributed by atoms with Crippen molar-refractivity contribution in [3.63, 3.8) is 0 Å². The number of aryl methyl sites for hydroxylation is 1. The Balaban J connectivity index is 1.27. The van der Waals surface area contributed by atoms with Crippen LogP contribution in [0.4, 0.5) is 0 Å². The summed E-state index contributed by atoms with van der Waals surface area (Å²) in [6.45, 7) is 7.49. The molecule has 2 unspecified atom stereocenters. The lowest BCUT2D eigenvalue weighted by Gasteiger charge is -2.36. The van der Waals surface area contributed by atoms with Gasteiger partial charge in [-0.15, -0.1) is 0 Å². The SMILES string of the molecule is CN=C(NCCNC(=O)c1cccc(C)c1)N1CC2OCCN(Cc3ccccc3)C2C1. The number of amides is 1. The Kier molecular flexibility index (Phi) is 7.39. The summed E-state index contributed by atoms with van der Waals surface area (Å²) < 4.78 is 6.09. The number of hydrogen-bond acceptors (Lipinski definition) is 4. The van der Waals surface area contributed by atoms with Crippen molar-refractivity contribution in [1.82, 2.24) is 20.4 Å². The number of fused-ring (bicyclic) bond motifs is 1. The second kappa shape index (κ2) is 10.6. The summed E-state index contributed by atoms with van der Waals surface area (Å²) in [4.78, 5) is 21.6. The number of carbonyl (C=O) groups excluding carboxylic acids is 1. The molecule has 2 atom stereocenters. The molecule has 4 rings (SSSR count). The minimum absolute atomic E-state index is 0.0531. The molecule has 1 amide bonds. The quantitative estimate of drug-likeness (QED) is 0.412. The van der Waals surface area contributed by atoms with Crippen LogP contribution in [0.2, 0.25) is 0 Å². The number of hydrogen-bond donors (Lipinski definition) is 2. The highest BCUT2D eigenvalue weighted by Gasteiger charge is 2.41. The minimum atomic E-state index is -0.0531. The van der Waals surface area contributed by atoms with Gasteiger partial charge in [0.15, 0.2) is 5.96 Å². The molecule has 0 bridgehead atoms. The van der Waals surface area contributed by atoms with E-state index in [2.05, 4.69) is 55.8 Å². The molecular weight excluding hydrogens is 402 g/mol. The van der Waals surface area contributed by atoms with E-state index in [0.717, 1.165) is 44.3 Å². The third kappa shape index (κ3) is 5.47. The van der Waals surface area contributed by atoms with Gasteiger partial charge in [0, 0.05) is 51.9 Å². The van der Waals surface area contributed by atoms with Crippen LogP contribution in [-0.2, 0) is 11.3 Å². The summed E-state index contributed by atoms with van der Waals surface area (Å²) in [5, 5.41) is 6.36. The van der Waals surface area contributed by atoms with Gasteiger partial charge in [-0.3, -0.25) is 14.7 Å². The van der Waals surface area contributed by atoms with Crippen molar-refractivity contribution in [2.45, 2.75) is 25.6 Å². The Bertz CT molecular complexity index is 933. The zero-order chi connectivity index (χ0) is 22.3. The number of ether oxygens (including phenoxy) is 1. The predicted molar refractivity (Wildman–Crippen MR) is 127 cm³/mol. The molecule has 2 aliphatic rings. The van der Waals surface area contributed by atoms with E-state index in [9.17, 15) is 4.79 Å². The Labute approximate surface area is 190 Å². The van der Waals surface area contributed by atoms with E-state index < -0.39 is 0 Å². The van der Waals surface area contributed by atoms with Crippen LogP contribution >= 0.6 is 0 Å². The first-order valence-corrected chi connectivity index (χ1v) is 11.3. The number of likely N-dealkylation sites (tertiary alicyclic amines) is 1. The highest BCUT2D eigenvalue weighted by molar-refractivity contribution is 5.94. The molecule has 0 spiro atoms. The molecule has 2 saturated heterocycles. The van der Waals surface area contributed by atoms with Crippen LogP contribution in [0, 0.1) is 6.92 Å². The Morgan fingerprint density at radius 1 is 1.09 bits per heavy atom. The lowest BCUT2D eigenvalue weighted by Crippen LogP contribution is -2.50. The standard InChI is InChI=1S/C25H33N5O2/c1-19-7-6-10-21(15-19)24(31)27-11-12-28-25(26-2)30-17-22-23(18-30)32-14-13-29(22)16-20-8-4-3-5-9-20/h3-10,15,22-23H,11-14,16-18H2,1-2H3,(H,26,28)(H,27,31). The highest BCUT2D eigenvalue weighted by Crippen LogP contribution is 2.24. The predicted octanol–water partition coefficient (Wildman–Crippen LogP) is 1.89. The Morgan fingerprint density at radius 2 is 1.91 bits per heavy atom. The molecule has 2 heterocycles. The topological polar surface area (TPSA) is 69.2 Å². The Morgan fingerprint density at radius 3 is 2.69 bits per heavy atom. The van der Waals surface area contributed by atoms with E-state index in [1.807, 2.05) is 31.2 Å². The van der Waals surface area contributed by atoms with E-state index in [1.165, 1.54) is 5.56 Å². The van der Waals surface area contributed by atoms with Crippen LogP contribution in [-0.4, -0.2) is 80.2 Å². The number of carbonyl (C=O) groups is 1. The van der Waals surface area contributed by atoms with Crippen LogP contribution < -0.4 is 10.6 Å². The molecule has 7 nitrogen and oxygen atoms in total. The van der Waals surface area contributed by atoms with Gasteiger partial charge in [0.25, 0.3) is 5.91 Å². The lowest BCUT2D eigenvalue weighted by molar-refractivity contribution is -0.0502. The number of benzene rings is 2. The number of nitrogens with zero attached hydrogens (tertiary/aromatic N) is 3. The Hall–Kier alpha value is -2.90. The largest absolute Gasteiger partial charge is 0.373 e. The maximum Gasteiger partial charge on any atom is 0.251 e. The van der Waals surface area contributed by atoms with E-state index in [0.29, 0.717) is 24.7 Å². The van der Waals surface area contributed by atoms with Gasteiger partial charge < -0.3 is 20.3 Å². The first kappa shape index (κ1) is 22.3. The summed E-state index contributed by atoms with van der Waals surface area (Å²) in [6, 6.07) is 18.6. The molecule has 0 saturated carbocycles. The molecule has 0 radical (unpaired) electrons. The van der Waals surface area contributed by atoms with Crippen molar-refractivity contribution in [2.75, 3.05) is 46.4 Å². The van der Waals surface area contributed by atoms with Crippen LogP contribution in [0.25, 0.3) is 0 Å². The molecule has 0 aliphatic carbocycles. The molecule has 2 aliphatic heterocycles. The molecule has 170 valence electrons. The fourth-order valence-corrected chi connectivity index (χ4v) is 4.52. The first-order chi connectivity index (χ1) is 15.6. The number of nitrogens with one attached hydrogen (secondary N) is 2. The summed E-state index contributed by atoms with van der Waals surface area (Å²) >= 11 is 0. The fraction of sp³-hybridized carbons (Fsp3) is 0.440. The molecule has 2 aromatic carbocycles. The molecule has 2 aromatic rings. The summed E-state index contributed by atoms with van der Waals surface area (Å²) in [5.41, 5.74) is 3.10. The maximum absolute atomic E-state index is 12.3. The van der Waals surface area contributed by atoms with Gasteiger partial charge in [-0.25, -0.2) is 0 Å². The van der Waals surface area contributed by atoms with E-state index >= 15 is 0 Å². The molecule has 0 aromatic heterocycles. The number of guanidine groups is 1. The average Bonchev–Trinajstić information content (AvgIpc) is 3.25. The number of aliphatic imine (C=N–C) groups is 1. The average molecular weight is 436 g/mol. The van der Waals surface area contributed by atoms with Crippen molar-refractivity contribution in [3.8, 4) is 0 Å². The fourth-order valence-electron chi connectivity index (χ4n) is 4.52. The first-order valence-electron chi connectivity index (χ1n) is 11.3. The van der Waals surface area contributed by atoms with Gasteiger partial charge in [0.1, 0.15) is 0 Å². The molecular formula is C25H33N5O2. The van der Waals surface area contributed by atoms with Crippen LogP contribution in [0.15, 0.2) is 59.6 Å². The van der Waals surface area contributed by atoms with Crippen molar-refractivity contribution < 1.29 is 9.53 Å². The zero-order valence-corrected chi connectivity index (χ0v) is 19.0. The van der Waals surface area contributed by atoms with Crippen molar-refractivity contribution in [3.05, 3.63) is 71.3 Å². The van der Waals surface area contributed by atoms with Crippen molar-refractivity contribution in [1.29, 1.82) is 0 Å². The smallest absolute Gasteiger partial charge is 0.251 e. The van der Waals surface area contributed by atoms with Gasteiger partial charge in [0.2, 0.25) is 0 Å². The van der Waals surface area contributed by atoms with Gasteiger partial charge in [-0.2, -0.15) is 0 Å². The summed E-state index contributed by atoms with van der Waals surface area (Å²) in [6.07, 6.45) is 0.187. The third-order valence-corrected chi connectivity index (χ3v) is 6.13. The minimum Gasteiger partial charge on any atom is -0.373 e. The lowest BCUT2D eigenvalue weighted by atomic mass is 10.1. The van der Waals surface area contributed by atoms with Crippen LogP contribution in [0.1, 0.15) is 21.5 Å². The molecule has 32 heavy (non-hydrogen) atoms. The second-order valence-electron chi connectivity index (χ2n) is 8.44. The number of morpholine rings is 1. The summed E-state index contributed by atoms with van der Waals surface area (Å²) in [7, 11) is 1.80. The maximum atomic E-state index is 12.3. The van der Waals surface area contributed by atoms with Crippen molar-refractivity contribution in [2.24, 2.45) is 4.99 Å². The van der Waals surface area contributed by atoms with E-state index in [-0.39, 0.29) is 12.0 Å². The van der Waals surface area contributed by atoms with E-state index in [1.54, 1.807) is 7.05 Å². The van der Waals surface area contributed by atoms with Crippen LogP contribution in [0.3, 0.4) is 0 Å². The molecule has 2 fully saturated rings. The monoisotopic (exact) mass is 435 g/mol. The highest BCUT2D eigenvalue weighted by atomic mass is 16.5. The molecule has 7 heteroatoms. The van der Waals surface area contributed by atoms with Gasteiger partial charge in [-0.1, -0.05) is 48.0 Å². The van der Waals surface area contributed by atoms with E-state index in [4.69, 9.17) is 4.74 Å². The van der Waals surface area contributed by atoms with Crippen molar-refractivity contribution >= 4 is 11.9 Å².